The van der Waals surface area contributed by atoms with Crippen LogP contribution in [0.1, 0.15) is 25.0 Å². The Morgan fingerprint density at radius 2 is 1.31 bits per heavy atom. The van der Waals surface area contributed by atoms with Crippen LogP contribution in [0.4, 0.5) is 0 Å². The molecule has 35 heavy (non-hydrogen) atoms. The van der Waals surface area contributed by atoms with E-state index in [0.717, 1.165) is 5.46 Å². The van der Waals surface area contributed by atoms with Crippen LogP contribution in [0.2, 0.25) is 0 Å². The lowest BCUT2D eigenvalue weighted by Crippen LogP contribution is -2.16. The van der Waals surface area contributed by atoms with Crippen molar-refractivity contribution in [1.29, 1.82) is 0 Å². The molecule has 0 amide bonds. The Morgan fingerprint density at radius 3 is 2.17 bits per heavy atom. The number of rotatable bonds is 2. The molecule has 0 saturated heterocycles. The van der Waals surface area contributed by atoms with Crippen molar-refractivity contribution in [3.63, 3.8) is 0 Å². The molecule has 7 rings (SSSR count). The van der Waals surface area contributed by atoms with Crippen LogP contribution in [0, 0.1) is 0 Å². The molecule has 1 nitrogen and oxygen atoms in total. The van der Waals surface area contributed by atoms with Gasteiger partial charge in [-0.15, -0.1) is 0 Å². The summed E-state index contributed by atoms with van der Waals surface area (Å²) in [5, 5.41) is 2.55. The predicted octanol–water partition coefficient (Wildman–Crippen LogP) is 7.55. The average molecular weight is 445 g/mol. The van der Waals surface area contributed by atoms with Gasteiger partial charge in [-0.1, -0.05) is 92.1 Å². The van der Waals surface area contributed by atoms with Gasteiger partial charge in [0.05, 0.1) is 11.0 Å². The molecule has 2 radical (unpaired) electrons. The second kappa shape index (κ2) is 7.23. The highest BCUT2D eigenvalue weighted by atomic mass is 15.0. The zero-order chi connectivity index (χ0) is 23.7. The molecular weight excluding hydrogens is 421 g/mol. The molecule has 0 fully saturated rings. The first kappa shape index (κ1) is 20.3. The highest BCUT2D eigenvalue weighted by Crippen LogP contribution is 2.49. The van der Waals surface area contributed by atoms with Gasteiger partial charge in [-0.05, 0) is 69.8 Å². The molecule has 0 unspecified atom stereocenters. The van der Waals surface area contributed by atoms with Crippen LogP contribution < -0.4 is 5.46 Å². The number of aromatic nitrogens is 1. The van der Waals surface area contributed by atoms with E-state index in [-0.39, 0.29) is 5.41 Å². The van der Waals surface area contributed by atoms with E-state index in [9.17, 15) is 0 Å². The molecule has 5 aromatic carbocycles. The highest BCUT2D eigenvalue weighted by Gasteiger charge is 2.36. The van der Waals surface area contributed by atoms with E-state index >= 15 is 0 Å². The third kappa shape index (κ3) is 2.83. The lowest BCUT2D eigenvalue weighted by atomic mass is 9.80. The first-order chi connectivity index (χ1) is 17.0. The van der Waals surface area contributed by atoms with E-state index in [1.54, 1.807) is 0 Å². The van der Waals surface area contributed by atoms with Gasteiger partial charge >= 0.3 is 0 Å². The Morgan fingerprint density at radius 1 is 0.600 bits per heavy atom. The van der Waals surface area contributed by atoms with E-state index in [4.69, 9.17) is 7.85 Å². The maximum absolute atomic E-state index is 6.42. The van der Waals surface area contributed by atoms with Gasteiger partial charge < -0.3 is 4.57 Å². The number of para-hydroxylation sites is 2. The highest BCUT2D eigenvalue weighted by molar-refractivity contribution is 6.36. The van der Waals surface area contributed by atoms with E-state index in [1.807, 2.05) is 6.07 Å². The van der Waals surface area contributed by atoms with Crippen LogP contribution in [0.5, 0.6) is 0 Å². The Balaban J connectivity index is 1.44. The largest absolute Gasteiger partial charge is 0.309 e. The Bertz CT molecular complexity index is 1770. The quantitative estimate of drug-likeness (QED) is 0.243. The van der Waals surface area contributed by atoms with Crippen molar-refractivity contribution in [3.8, 4) is 27.9 Å². The summed E-state index contributed by atoms with van der Waals surface area (Å²) < 4.78 is 2.36. The Hall–Kier alpha value is -4.04. The zero-order valence-corrected chi connectivity index (χ0v) is 19.9. The topological polar surface area (TPSA) is 4.93 Å². The molecule has 0 N–H and O–H groups in total. The number of hydrogen-bond acceptors (Lipinski definition) is 0. The van der Waals surface area contributed by atoms with Crippen molar-refractivity contribution >= 4 is 35.1 Å². The van der Waals surface area contributed by atoms with Crippen molar-refractivity contribution in [2.45, 2.75) is 19.3 Å². The first-order valence-corrected chi connectivity index (χ1v) is 12.2. The van der Waals surface area contributed by atoms with Gasteiger partial charge in [-0.3, -0.25) is 0 Å². The second-order valence-electron chi connectivity index (χ2n) is 10.1. The number of benzene rings is 5. The minimum Gasteiger partial charge on any atom is -0.309 e. The molecule has 1 aliphatic carbocycles. The molecule has 1 aromatic heterocycles. The molecule has 1 heterocycles. The summed E-state index contributed by atoms with van der Waals surface area (Å²) in [4.78, 5) is 0. The van der Waals surface area contributed by atoms with Crippen LogP contribution in [0.25, 0.3) is 49.7 Å². The van der Waals surface area contributed by atoms with Crippen molar-refractivity contribution < 1.29 is 0 Å². The smallest absolute Gasteiger partial charge is 0.114 e. The molecular formula is C33H24BN. The zero-order valence-electron chi connectivity index (χ0n) is 19.9. The van der Waals surface area contributed by atoms with Gasteiger partial charge in [0.25, 0.3) is 0 Å². The number of hydrogen-bond donors (Lipinski definition) is 0. The van der Waals surface area contributed by atoms with Gasteiger partial charge in [-0.25, -0.2) is 0 Å². The minimum atomic E-state index is -0.0799. The maximum atomic E-state index is 6.42. The normalized spacial score (nSPS) is 13.8. The van der Waals surface area contributed by atoms with Crippen LogP contribution in [-0.2, 0) is 5.41 Å². The predicted molar refractivity (Wildman–Crippen MR) is 149 cm³/mol. The van der Waals surface area contributed by atoms with Crippen molar-refractivity contribution in [2.24, 2.45) is 0 Å². The summed E-state index contributed by atoms with van der Waals surface area (Å²) >= 11 is 0. The maximum Gasteiger partial charge on any atom is 0.114 e. The van der Waals surface area contributed by atoms with E-state index < -0.39 is 0 Å². The Labute approximate surface area is 207 Å². The molecule has 1 aliphatic rings. The van der Waals surface area contributed by atoms with Crippen molar-refractivity contribution in [2.75, 3.05) is 0 Å². The van der Waals surface area contributed by atoms with Crippen molar-refractivity contribution in [3.05, 3.63) is 120 Å². The third-order valence-electron chi connectivity index (χ3n) is 7.75. The van der Waals surface area contributed by atoms with E-state index in [0.29, 0.717) is 0 Å². The molecule has 0 aliphatic heterocycles. The van der Waals surface area contributed by atoms with E-state index in [2.05, 4.69) is 122 Å². The van der Waals surface area contributed by atoms with Gasteiger partial charge in [0.1, 0.15) is 7.85 Å². The van der Waals surface area contributed by atoms with Gasteiger partial charge in [0, 0.05) is 21.9 Å². The van der Waals surface area contributed by atoms with Gasteiger partial charge in [0.2, 0.25) is 0 Å². The molecule has 0 saturated carbocycles. The standard InChI is InChI=1S/C33H24BN/c1-33(2)27-12-8-13-29(34)32(27)25-17-15-22(20-28(25)33)21-16-18-31-26(19-21)24-11-6-7-14-30(24)35(31)23-9-4-3-5-10-23/h3-20H,1-2H3. The first-order valence-electron chi connectivity index (χ1n) is 12.2. The Kier molecular flexibility index (Phi) is 4.20. The summed E-state index contributed by atoms with van der Waals surface area (Å²) in [6, 6.07) is 39.3. The van der Waals surface area contributed by atoms with Crippen LogP contribution >= 0.6 is 0 Å². The third-order valence-corrected chi connectivity index (χ3v) is 7.75. The van der Waals surface area contributed by atoms with Crippen LogP contribution in [0.3, 0.4) is 0 Å². The van der Waals surface area contributed by atoms with Gasteiger partial charge in [0.15, 0.2) is 0 Å². The molecule has 164 valence electrons. The monoisotopic (exact) mass is 445 g/mol. The molecule has 0 atom stereocenters. The van der Waals surface area contributed by atoms with E-state index in [1.165, 1.54) is 60.9 Å². The fourth-order valence-electron chi connectivity index (χ4n) is 6.00. The lowest BCUT2D eigenvalue weighted by molar-refractivity contribution is 0.661. The fraction of sp³-hybridized carbons (Fsp3) is 0.0909. The lowest BCUT2D eigenvalue weighted by Gasteiger charge is -2.22. The number of nitrogens with zero attached hydrogens (tertiary/aromatic N) is 1. The second-order valence-corrected chi connectivity index (χ2v) is 10.1. The van der Waals surface area contributed by atoms with Crippen LogP contribution in [-0.4, -0.2) is 12.4 Å². The van der Waals surface area contributed by atoms with Gasteiger partial charge in [-0.2, -0.15) is 0 Å². The number of fused-ring (bicyclic) bond motifs is 6. The molecule has 2 heteroatoms. The average Bonchev–Trinajstić information content (AvgIpc) is 3.34. The summed E-state index contributed by atoms with van der Waals surface area (Å²) in [5.41, 5.74) is 12.0. The molecule has 0 bridgehead atoms. The SMILES string of the molecule is [B]c1cccc2c1-c1ccc(-c3ccc4c(c3)c3ccccc3n4-c3ccccc3)cc1C2(C)C. The summed E-state index contributed by atoms with van der Waals surface area (Å²) in [5.74, 6) is 0. The van der Waals surface area contributed by atoms with Crippen molar-refractivity contribution in [1.82, 2.24) is 4.57 Å². The molecule has 0 spiro atoms. The summed E-state index contributed by atoms with van der Waals surface area (Å²) in [6.45, 7) is 4.61. The minimum absolute atomic E-state index is 0.0799. The summed E-state index contributed by atoms with van der Waals surface area (Å²) in [7, 11) is 6.42. The molecule has 6 aromatic rings. The fourth-order valence-corrected chi connectivity index (χ4v) is 6.00. The van der Waals surface area contributed by atoms with Crippen LogP contribution in [0.15, 0.2) is 109 Å². The summed E-state index contributed by atoms with van der Waals surface area (Å²) in [6.07, 6.45) is 0.